The summed E-state index contributed by atoms with van der Waals surface area (Å²) in [5.41, 5.74) is -3.71. The van der Waals surface area contributed by atoms with Crippen molar-refractivity contribution in [3.05, 3.63) is 29.8 Å². The number of nitrogens with zero attached hydrogens (tertiary/aromatic N) is 2. The highest BCUT2D eigenvalue weighted by atomic mass is 19.4. The van der Waals surface area contributed by atoms with E-state index in [1.54, 1.807) is 0 Å². The first-order valence-corrected chi connectivity index (χ1v) is 8.71. The lowest BCUT2D eigenvalue weighted by Gasteiger charge is -2.47. The number of nitrogens with one attached hydrogen (secondary N) is 1. The zero-order chi connectivity index (χ0) is 22.6. The molecule has 0 bridgehead atoms. The van der Waals surface area contributed by atoms with Crippen LogP contribution in [0, 0.1) is 0 Å². The molecule has 1 aromatic rings. The standard InChI is InChI=1S/C17H16F9N3O/c18-14(19,15(20,21)16(22,23)17(24,25)26)13-9-11(10-3-1-2-4-12(10)30)27-5-7-29(13)8-6-28-13/h1-4,28,30H,5-9H2. The normalized spacial score (nSPS) is 24.4. The predicted molar refractivity (Wildman–Crippen MR) is 87.3 cm³/mol. The van der Waals surface area contributed by atoms with Crippen molar-refractivity contribution >= 4 is 5.71 Å². The molecule has 2 aliphatic rings. The first-order valence-electron chi connectivity index (χ1n) is 8.71. The smallest absolute Gasteiger partial charge is 0.460 e. The number of benzene rings is 1. The van der Waals surface area contributed by atoms with Gasteiger partial charge in [0.15, 0.2) is 0 Å². The van der Waals surface area contributed by atoms with Crippen LogP contribution in [0.4, 0.5) is 39.5 Å². The van der Waals surface area contributed by atoms with Gasteiger partial charge in [0.05, 0.1) is 6.54 Å². The molecule has 0 amide bonds. The van der Waals surface area contributed by atoms with Gasteiger partial charge in [0.2, 0.25) is 0 Å². The number of hydrogen-bond acceptors (Lipinski definition) is 4. The van der Waals surface area contributed by atoms with Crippen molar-refractivity contribution in [1.82, 2.24) is 10.2 Å². The van der Waals surface area contributed by atoms with Crippen LogP contribution in [-0.2, 0) is 0 Å². The van der Waals surface area contributed by atoms with Crippen LogP contribution in [0.5, 0.6) is 5.75 Å². The molecule has 1 unspecified atom stereocenters. The van der Waals surface area contributed by atoms with Crippen molar-refractivity contribution in [1.29, 1.82) is 0 Å². The molecule has 0 saturated carbocycles. The summed E-state index contributed by atoms with van der Waals surface area (Å²) >= 11 is 0. The maximum Gasteiger partial charge on any atom is 0.460 e. The first-order chi connectivity index (χ1) is 13.7. The minimum Gasteiger partial charge on any atom is -0.507 e. The van der Waals surface area contributed by atoms with Crippen molar-refractivity contribution in [3.8, 4) is 5.75 Å². The largest absolute Gasteiger partial charge is 0.507 e. The molecule has 2 N–H and O–H groups in total. The lowest BCUT2D eigenvalue weighted by atomic mass is 9.85. The number of aromatic hydroxyl groups is 1. The van der Waals surface area contributed by atoms with Crippen LogP contribution < -0.4 is 5.32 Å². The molecule has 1 aromatic carbocycles. The third kappa shape index (κ3) is 3.04. The van der Waals surface area contributed by atoms with E-state index in [9.17, 15) is 35.8 Å². The minimum absolute atomic E-state index is 0.117. The summed E-state index contributed by atoms with van der Waals surface area (Å²) in [5, 5.41) is 12.0. The molecule has 0 spiro atoms. The second-order valence-electron chi connectivity index (χ2n) is 7.02. The van der Waals surface area contributed by atoms with E-state index in [2.05, 4.69) is 4.99 Å². The summed E-state index contributed by atoms with van der Waals surface area (Å²) in [7, 11) is 0. The van der Waals surface area contributed by atoms with Crippen LogP contribution in [-0.4, -0.2) is 71.5 Å². The SMILES string of the molecule is Oc1ccccc1C1=NCCN2CCNC2(C(F)(F)C(F)(F)C(F)(F)C(F)(F)F)C1. The highest BCUT2D eigenvalue weighted by Crippen LogP contribution is 2.58. The fraction of sp³-hybridized carbons (Fsp3) is 0.588. The van der Waals surface area contributed by atoms with E-state index in [4.69, 9.17) is 0 Å². The molecule has 4 nitrogen and oxygen atoms in total. The third-order valence-electron chi connectivity index (χ3n) is 5.31. The van der Waals surface area contributed by atoms with E-state index in [0.717, 1.165) is 0 Å². The van der Waals surface area contributed by atoms with Gasteiger partial charge >= 0.3 is 23.9 Å². The minimum atomic E-state index is -6.99. The molecule has 13 heteroatoms. The molecule has 0 aliphatic carbocycles. The lowest BCUT2D eigenvalue weighted by molar-refractivity contribution is -0.411. The molecule has 3 rings (SSSR count). The Labute approximate surface area is 164 Å². The monoisotopic (exact) mass is 449 g/mol. The maximum atomic E-state index is 15.1. The highest BCUT2D eigenvalue weighted by Gasteiger charge is 2.86. The zero-order valence-corrected chi connectivity index (χ0v) is 15.1. The highest BCUT2D eigenvalue weighted by molar-refractivity contribution is 6.03. The number of rotatable bonds is 4. The van der Waals surface area contributed by atoms with Crippen LogP contribution in [0.1, 0.15) is 12.0 Å². The van der Waals surface area contributed by atoms with Crippen LogP contribution in [0.15, 0.2) is 29.3 Å². The average molecular weight is 449 g/mol. The van der Waals surface area contributed by atoms with E-state index >= 15 is 8.78 Å². The number of fused-ring (bicyclic) bond motifs is 1. The molecule has 1 atom stereocenters. The van der Waals surface area contributed by atoms with Gasteiger partial charge in [0, 0.05) is 37.3 Å². The fourth-order valence-corrected chi connectivity index (χ4v) is 3.73. The summed E-state index contributed by atoms with van der Waals surface area (Å²) in [4.78, 5) is 4.67. The number of phenols is 1. The summed E-state index contributed by atoms with van der Waals surface area (Å²) in [6, 6.07) is 5.19. The lowest BCUT2D eigenvalue weighted by Crippen LogP contribution is -2.75. The quantitative estimate of drug-likeness (QED) is 0.691. The van der Waals surface area contributed by atoms with Crippen LogP contribution in [0.25, 0.3) is 0 Å². The fourth-order valence-electron chi connectivity index (χ4n) is 3.73. The molecule has 0 radical (unpaired) electrons. The zero-order valence-electron chi connectivity index (χ0n) is 15.1. The summed E-state index contributed by atoms with van der Waals surface area (Å²) in [6.45, 7) is -1.26. The van der Waals surface area contributed by atoms with E-state index < -0.39 is 48.3 Å². The van der Waals surface area contributed by atoms with Crippen molar-refractivity contribution < 1.29 is 44.6 Å². The van der Waals surface area contributed by atoms with Crippen LogP contribution >= 0.6 is 0 Å². The number of para-hydroxylation sites is 1. The number of phenolic OH excluding ortho intramolecular Hbond substituents is 1. The van der Waals surface area contributed by atoms with Gasteiger partial charge in [-0.15, -0.1) is 0 Å². The Bertz CT molecular complexity index is 840. The number of alkyl halides is 9. The van der Waals surface area contributed by atoms with Crippen molar-refractivity contribution in [2.24, 2.45) is 4.99 Å². The summed E-state index contributed by atoms with van der Waals surface area (Å²) in [5.74, 6) is -20.1. The van der Waals surface area contributed by atoms with Crippen molar-refractivity contribution in [2.75, 3.05) is 26.2 Å². The molecule has 1 saturated heterocycles. The Morgan fingerprint density at radius 3 is 2.17 bits per heavy atom. The number of aliphatic imine (C=N–C) groups is 1. The molecule has 1 fully saturated rings. The molecule has 0 aromatic heterocycles. The van der Waals surface area contributed by atoms with E-state index in [-0.39, 0.29) is 30.9 Å². The van der Waals surface area contributed by atoms with Gasteiger partial charge in [-0.3, -0.25) is 15.2 Å². The second-order valence-corrected chi connectivity index (χ2v) is 7.02. The van der Waals surface area contributed by atoms with Crippen LogP contribution in [0.3, 0.4) is 0 Å². The Kier molecular flexibility index (Phi) is 5.29. The maximum absolute atomic E-state index is 15.1. The van der Waals surface area contributed by atoms with Gasteiger partial charge in [-0.25, -0.2) is 0 Å². The molecule has 2 aliphatic heterocycles. The molecule has 2 heterocycles. The average Bonchev–Trinajstić information content (AvgIpc) is 2.95. The van der Waals surface area contributed by atoms with E-state index in [0.29, 0.717) is 4.90 Å². The summed E-state index contributed by atoms with van der Waals surface area (Å²) in [6.07, 6.45) is -8.04. The number of hydrogen-bond donors (Lipinski definition) is 2. The van der Waals surface area contributed by atoms with Gasteiger partial charge < -0.3 is 5.11 Å². The predicted octanol–water partition coefficient (Wildman–Crippen LogP) is 3.65. The topological polar surface area (TPSA) is 47.9 Å². The Balaban J connectivity index is 2.12. The molecule has 168 valence electrons. The summed E-state index contributed by atoms with van der Waals surface area (Å²) < 4.78 is 123. The number of halogens is 9. The molecular weight excluding hydrogens is 433 g/mol. The first kappa shape index (κ1) is 22.7. The van der Waals surface area contributed by atoms with Gasteiger partial charge in [-0.05, 0) is 12.1 Å². The van der Waals surface area contributed by atoms with Gasteiger partial charge in [-0.2, -0.15) is 39.5 Å². The van der Waals surface area contributed by atoms with E-state index in [1.165, 1.54) is 24.3 Å². The van der Waals surface area contributed by atoms with Gasteiger partial charge in [0.1, 0.15) is 11.4 Å². The Morgan fingerprint density at radius 2 is 1.57 bits per heavy atom. The van der Waals surface area contributed by atoms with Crippen molar-refractivity contribution in [3.63, 3.8) is 0 Å². The second kappa shape index (κ2) is 7.01. The third-order valence-corrected chi connectivity index (χ3v) is 5.31. The Hall–Kier alpha value is -2.02. The van der Waals surface area contributed by atoms with Gasteiger partial charge in [0.25, 0.3) is 0 Å². The van der Waals surface area contributed by atoms with Gasteiger partial charge in [-0.1, -0.05) is 12.1 Å². The molecule has 30 heavy (non-hydrogen) atoms. The Morgan fingerprint density at radius 1 is 0.933 bits per heavy atom. The molecular formula is C17H16F9N3O. The van der Waals surface area contributed by atoms with Crippen molar-refractivity contribution in [2.45, 2.75) is 36.0 Å². The van der Waals surface area contributed by atoms with E-state index in [1.807, 2.05) is 5.32 Å². The van der Waals surface area contributed by atoms with Crippen LogP contribution in [0.2, 0.25) is 0 Å².